The number of nitrogens with zero attached hydrogens (tertiary/aromatic N) is 5. The molecule has 3 aliphatic rings. The number of ether oxygens (including phenoxy) is 1. The zero-order valence-electron chi connectivity index (χ0n) is 24.3. The second-order valence-corrected chi connectivity index (χ2v) is 13.0. The van der Waals surface area contributed by atoms with Crippen molar-refractivity contribution < 1.29 is 14.6 Å². The third-order valence-corrected chi connectivity index (χ3v) is 9.17. The number of piperazine rings is 1. The van der Waals surface area contributed by atoms with Crippen LogP contribution in [0.4, 0.5) is 16.6 Å². The standard InChI is InChI=1S/C31H36N6O4S/c1-19-13-25-29(40)37(11-10-36(25)9-7-31(2,3)15-19)27-22(17-38)21(5-8-32-27)20-14-24(28(39)35(4)16-20)34-30-33-23-6-12-41-18-26(23)42-30/h5,8,13-14,16,38H,1,6-7,9-12,15,17-18H2,2-4H3,(H,33,34)/b25-13-. The van der Waals surface area contributed by atoms with Gasteiger partial charge in [-0.25, -0.2) is 9.97 Å². The number of carbonyl (C=O) groups excluding carboxylic acids is 1. The summed E-state index contributed by atoms with van der Waals surface area (Å²) < 4.78 is 7.04. The molecule has 3 aromatic heterocycles. The molecule has 0 aromatic carbocycles. The van der Waals surface area contributed by atoms with E-state index in [1.165, 1.54) is 15.9 Å². The molecule has 1 saturated heterocycles. The molecule has 42 heavy (non-hydrogen) atoms. The van der Waals surface area contributed by atoms with Gasteiger partial charge in [-0.05, 0) is 42.0 Å². The third-order valence-electron chi connectivity index (χ3n) is 8.18. The van der Waals surface area contributed by atoms with Gasteiger partial charge in [-0.2, -0.15) is 0 Å². The molecule has 0 unspecified atom stereocenters. The number of nitrogens with one attached hydrogen (secondary N) is 1. The Morgan fingerprint density at radius 1 is 1.24 bits per heavy atom. The summed E-state index contributed by atoms with van der Waals surface area (Å²) in [7, 11) is 1.69. The van der Waals surface area contributed by atoms with Crippen LogP contribution in [0.15, 0.2) is 53.2 Å². The van der Waals surface area contributed by atoms with Gasteiger partial charge in [-0.1, -0.05) is 37.3 Å². The van der Waals surface area contributed by atoms with Crippen LogP contribution in [0.25, 0.3) is 11.1 Å². The summed E-state index contributed by atoms with van der Waals surface area (Å²) in [6.45, 7) is 11.4. The molecule has 6 rings (SSSR count). The molecule has 1 amide bonds. The summed E-state index contributed by atoms with van der Waals surface area (Å²) in [4.78, 5) is 41.0. The molecular weight excluding hydrogens is 552 g/mol. The first-order valence-corrected chi connectivity index (χ1v) is 15.0. The lowest BCUT2D eigenvalue weighted by molar-refractivity contribution is -0.118. The van der Waals surface area contributed by atoms with Crippen LogP contribution in [0.2, 0.25) is 0 Å². The molecule has 220 valence electrons. The van der Waals surface area contributed by atoms with Crippen molar-refractivity contribution in [2.24, 2.45) is 12.5 Å². The van der Waals surface area contributed by atoms with Gasteiger partial charge < -0.3 is 24.6 Å². The zero-order valence-corrected chi connectivity index (χ0v) is 25.1. The van der Waals surface area contributed by atoms with Crippen LogP contribution in [-0.2, 0) is 36.2 Å². The highest BCUT2D eigenvalue weighted by molar-refractivity contribution is 7.15. The second-order valence-electron chi connectivity index (χ2n) is 11.9. The lowest BCUT2D eigenvalue weighted by atomic mass is 9.81. The Balaban J connectivity index is 1.35. The first-order valence-electron chi connectivity index (χ1n) is 14.2. The zero-order chi connectivity index (χ0) is 29.6. The van der Waals surface area contributed by atoms with E-state index < -0.39 is 0 Å². The molecule has 0 spiro atoms. The number of aryl methyl sites for hydroxylation is 1. The van der Waals surface area contributed by atoms with Crippen LogP contribution in [0.1, 0.15) is 42.8 Å². The molecule has 3 aromatic rings. The van der Waals surface area contributed by atoms with E-state index in [2.05, 4.69) is 40.6 Å². The van der Waals surface area contributed by atoms with E-state index in [1.54, 1.807) is 36.5 Å². The maximum atomic E-state index is 13.9. The van der Waals surface area contributed by atoms with Crippen LogP contribution >= 0.6 is 11.3 Å². The number of allylic oxidation sites excluding steroid dienone is 2. The van der Waals surface area contributed by atoms with Crippen LogP contribution in [0, 0.1) is 5.41 Å². The van der Waals surface area contributed by atoms with Crippen LogP contribution < -0.4 is 15.8 Å². The number of aliphatic hydroxyl groups is 1. The highest BCUT2D eigenvalue weighted by Crippen LogP contribution is 2.37. The van der Waals surface area contributed by atoms with Gasteiger partial charge in [0, 0.05) is 56.6 Å². The predicted molar refractivity (Wildman–Crippen MR) is 164 cm³/mol. The van der Waals surface area contributed by atoms with E-state index in [4.69, 9.17) is 4.74 Å². The predicted octanol–water partition coefficient (Wildman–Crippen LogP) is 4.12. The summed E-state index contributed by atoms with van der Waals surface area (Å²) in [6.07, 6.45) is 7.83. The molecule has 0 saturated carbocycles. The van der Waals surface area contributed by atoms with Crippen LogP contribution in [0.5, 0.6) is 0 Å². The number of anilines is 3. The number of aromatic nitrogens is 3. The largest absolute Gasteiger partial charge is 0.392 e. The molecule has 1 fully saturated rings. The third kappa shape index (κ3) is 5.39. The lowest BCUT2D eigenvalue weighted by Crippen LogP contribution is -2.50. The fraction of sp³-hybridized carbons (Fsp3) is 0.419. The summed E-state index contributed by atoms with van der Waals surface area (Å²) in [5.41, 5.74) is 4.77. The number of amides is 1. The van der Waals surface area contributed by atoms with Gasteiger partial charge in [0.05, 0.1) is 30.4 Å². The summed E-state index contributed by atoms with van der Waals surface area (Å²) in [5.74, 6) is 0.269. The van der Waals surface area contributed by atoms with Gasteiger partial charge in [-0.15, -0.1) is 0 Å². The number of carbonyl (C=O) groups is 1. The fourth-order valence-electron chi connectivity index (χ4n) is 5.97. The summed E-state index contributed by atoms with van der Waals surface area (Å²) >= 11 is 1.48. The van der Waals surface area contributed by atoms with Gasteiger partial charge in [0.1, 0.15) is 17.2 Å². The van der Waals surface area contributed by atoms with E-state index >= 15 is 0 Å². The van der Waals surface area contributed by atoms with Crippen molar-refractivity contribution in [1.29, 1.82) is 0 Å². The Morgan fingerprint density at radius 3 is 2.86 bits per heavy atom. The van der Waals surface area contributed by atoms with Crippen LogP contribution in [-0.4, -0.2) is 56.7 Å². The average Bonchev–Trinajstić information content (AvgIpc) is 3.37. The first kappa shape index (κ1) is 28.3. The van der Waals surface area contributed by atoms with E-state index in [0.29, 0.717) is 65.3 Å². The minimum atomic E-state index is -0.323. The van der Waals surface area contributed by atoms with E-state index in [9.17, 15) is 14.7 Å². The molecule has 3 aliphatic heterocycles. The number of rotatable bonds is 5. The SMILES string of the molecule is C=C1/C=C2/C(=O)N(c3nccc(-c4cc(Nc5nc6c(s5)COCC6)c(=O)n(C)c4)c3CO)CCN2CCC(C)(C)C1. The van der Waals surface area contributed by atoms with E-state index in [-0.39, 0.29) is 23.5 Å². The Bertz CT molecular complexity index is 1630. The normalized spacial score (nSPS) is 19.9. The van der Waals surface area contributed by atoms with Crippen molar-refractivity contribution in [3.05, 3.63) is 74.9 Å². The lowest BCUT2D eigenvalue weighted by Gasteiger charge is -2.41. The number of thiazole rings is 1. The van der Waals surface area contributed by atoms with Crippen molar-refractivity contribution in [2.75, 3.05) is 36.5 Å². The smallest absolute Gasteiger partial charge is 0.275 e. The number of fused-ring (bicyclic) bond motifs is 2. The monoisotopic (exact) mass is 588 g/mol. The van der Waals surface area contributed by atoms with Gasteiger partial charge in [-0.3, -0.25) is 14.5 Å². The van der Waals surface area contributed by atoms with Crippen molar-refractivity contribution in [3.8, 4) is 11.1 Å². The van der Waals surface area contributed by atoms with Crippen molar-refractivity contribution in [2.45, 2.75) is 46.3 Å². The first-order chi connectivity index (χ1) is 20.1. The van der Waals surface area contributed by atoms with E-state index in [1.807, 2.05) is 6.08 Å². The Hall–Kier alpha value is -3.80. The number of pyridine rings is 2. The molecule has 2 N–H and O–H groups in total. The maximum Gasteiger partial charge on any atom is 0.275 e. The van der Waals surface area contributed by atoms with Gasteiger partial charge in [0.15, 0.2) is 5.13 Å². The van der Waals surface area contributed by atoms with Crippen molar-refractivity contribution in [1.82, 2.24) is 19.4 Å². The highest BCUT2D eigenvalue weighted by Gasteiger charge is 2.35. The highest BCUT2D eigenvalue weighted by atomic mass is 32.1. The average molecular weight is 589 g/mol. The second kappa shape index (κ2) is 11.1. The quantitative estimate of drug-likeness (QED) is 0.458. The number of hydrogen-bond acceptors (Lipinski definition) is 9. The fourth-order valence-corrected chi connectivity index (χ4v) is 6.93. The van der Waals surface area contributed by atoms with Crippen LogP contribution in [0.3, 0.4) is 0 Å². The molecule has 0 bridgehead atoms. The van der Waals surface area contributed by atoms with Crippen molar-refractivity contribution in [3.63, 3.8) is 0 Å². The Kier molecular flexibility index (Phi) is 7.50. The maximum absolute atomic E-state index is 13.9. The van der Waals surface area contributed by atoms with Crippen molar-refractivity contribution >= 4 is 33.9 Å². The summed E-state index contributed by atoms with van der Waals surface area (Å²) in [5, 5.41) is 14.4. The van der Waals surface area contributed by atoms with Gasteiger partial charge >= 0.3 is 0 Å². The topological polar surface area (TPSA) is 113 Å². The molecule has 0 radical (unpaired) electrons. The molecule has 0 aliphatic carbocycles. The Labute approximate surface area is 249 Å². The summed E-state index contributed by atoms with van der Waals surface area (Å²) in [6, 6.07) is 3.57. The number of hydrogen-bond donors (Lipinski definition) is 2. The Morgan fingerprint density at radius 2 is 2.07 bits per heavy atom. The minimum absolute atomic E-state index is 0.121. The molecule has 11 heteroatoms. The molecule has 0 atom stereocenters. The van der Waals surface area contributed by atoms with E-state index in [0.717, 1.165) is 42.0 Å². The number of aliphatic hydroxyl groups excluding tert-OH is 1. The molecule has 6 heterocycles. The van der Waals surface area contributed by atoms with Gasteiger partial charge in [0.2, 0.25) is 0 Å². The molecular formula is C31H36N6O4S. The van der Waals surface area contributed by atoms with Gasteiger partial charge in [0.25, 0.3) is 11.5 Å². The minimum Gasteiger partial charge on any atom is -0.392 e. The molecule has 10 nitrogen and oxygen atoms in total.